The van der Waals surface area contributed by atoms with E-state index in [2.05, 4.69) is 10.4 Å². The van der Waals surface area contributed by atoms with Gasteiger partial charge >= 0.3 is 6.09 Å². The van der Waals surface area contributed by atoms with Gasteiger partial charge in [-0.15, -0.1) is 0 Å². The summed E-state index contributed by atoms with van der Waals surface area (Å²) < 4.78 is 18.7. The van der Waals surface area contributed by atoms with Gasteiger partial charge in [-0.2, -0.15) is 5.10 Å². The van der Waals surface area contributed by atoms with Crippen molar-refractivity contribution in [3.05, 3.63) is 42.2 Å². The van der Waals surface area contributed by atoms with Gasteiger partial charge in [0.1, 0.15) is 11.4 Å². The minimum Gasteiger partial charge on any atom is -0.493 e. The number of carbonyl (C=O) groups is 1. The molecule has 0 bridgehead atoms. The summed E-state index contributed by atoms with van der Waals surface area (Å²) in [6.45, 7) is 9.14. The number of hydrogen-bond donors (Lipinski definition) is 1. The molecule has 152 valence electrons. The van der Waals surface area contributed by atoms with E-state index in [1.807, 2.05) is 68.9 Å². The number of benzene rings is 1. The number of amides is 1. The summed E-state index contributed by atoms with van der Waals surface area (Å²) in [7, 11) is 0. The zero-order valence-electron chi connectivity index (χ0n) is 17.0. The van der Waals surface area contributed by atoms with E-state index in [1.165, 1.54) is 0 Å². The highest BCUT2D eigenvalue weighted by Gasteiger charge is 2.29. The van der Waals surface area contributed by atoms with Crippen LogP contribution in [0.5, 0.6) is 5.75 Å². The fourth-order valence-electron chi connectivity index (χ4n) is 3.07. The Bertz CT molecular complexity index is 780. The summed E-state index contributed by atoms with van der Waals surface area (Å²) >= 11 is 0. The number of ether oxygens (including phenoxy) is 3. The van der Waals surface area contributed by atoms with E-state index in [4.69, 9.17) is 14.2 Å². The standard InChI is InChI=1S/C21H29N3O4/c1-15-9-11-24(23-15)17-5-7-18(8-6-17)27-14-16-13-26-12-10-19(16)22-20(25)28-21(2,3)4/h5-9,11,16,19H,10,12-14H2,1-4H3,(H,22,25)/t16-,19+/m1/s1. The lowest BCUT2D eigenvalue weighted by Gasteiger charge is -2.32. The quantitative estimate of drug-likeness (QED) is 0.850. The Morgan fingerprint density at radius 3 is 2.68 bits per heavy atom. The molecular weight excluding hydrogens is 358 g/mol. The minimum absolute atomic E-state index is 0.0325. The molecule has 28 heavy (non-hydrogen) atoms. The molecule has 2 heterocycles. The smallest absolute Gasteiger partial charge is 0.407 e. The molecular formula is C21H29N3O4. The van der Waals surface area contributed by atoms with Crippen LogP contribution in [0.3, 0.4) is 0 Å². The SMILES string of the molecule is Cc1ccn(-c2ccc(OC[C@H]3COCC[C@@H]3NC(=O)OC(C)(C)C)cc2)n1. The van der Waals surface area contributed by atoms with E-state index >= 15 is 0 Å². The molecule has 1 aromatic heterocycles. The predicted molar refractivity (Wildman–Crippen MR) is 106 cm³/mol. The van der Waals surface area contributed by atoms with Crippen LogP contribution in [-0.2, 0) is 9.47 Å². The lowest BCUT2D eigenvalue weighted by molar-refractivity contribution is 0.00439. The molecule has 3 rings (SSSR count). The first-order chi connectivity index (χ1) is 13.3. The topological polar surface area (TPSA) is 74.6 Å². The molecule has 1 amide bonds. The molecule has 7 nitrogen and oxygen atoms in total. The maximum absolute atomic E-state index is 12.1. The summed E-state index contributed by atoms with van der Waals surface area (Å²) in [6, 6.07) is 9.71. The van der Waals surface area contributed by atoms with E-state index < -0.39 is 11.7 Å². The Morgan fingerprint density at radius 2 is 2.04 bits per heavy atom. The zero-order valence-corrected chi connectivity index (χ0v) is 17.0. The monoisotopic (exact) mass is 387 g/mol. The number of rotatable bonds is 5. The molecule has 1 aliphatic heterocycles. The van der Waals surface area contributed by atoms with Crippen molar-refractivity contribution in [2.75, 3.05) is 19.8 Å². The van der Waals surface area contributed by atoms with Crippen molar-refractivity contribution in [2.45, 2.75) is 45.8 Å². The Hall–Kier alpha value is -2.54. The van der Waals surface area contributed by atoms with Gasteiger partial charge in [-0.05, 0) is 64.4 Å². The predicted octanol–water partition coefficient (Wildman–Crippen LogP) is 3.49. The zero-order chi connectivity index (χ0) is 20.1. The number of alkyl carbamates (subject to hydrolysis) is 1. The first kappa shape index (κ1) is 20.2. The molecule has 1 N–H and O–H groups in total. The van der Waals surface area contributed by atoms with Crippen LogP contribution >= 0.6 is 0 Å². The highest BCUT2D eigenvalue weighted by molar-refractivity contribution is 5.68. The molecule has 0 unspecified atom stereocenters. The lowest BCUT2D eigenvalue weighted by Crippen LogP contribution is -2.48. The van der Waals surface area contributed by atoms with E-state index in [1.54, 1.807) is 0 Å². The van der Waals surface area contributed by atoms with Crippen LogP contribution in [0.1, 0.15) is 32.9 Å². The second-order valence-corrected chi connectivity index (χ2v) is 8.08. The maximum atomic E-state index is 12.1. The van der Waals surface area contributed by atoms with E-state index in [0.29, 0.717) is 19.8 Å². The number of aromatic nitrogens is 2. The number of nitrogens with zero attached hydrogens (tertiary/aromatic N) is 2. The molecule has 2 atom stereocenters. The first-order valence-corrected chi connectivity index (χ1v) is 9.63. The van der Waals surface area contributed by atoms with Crippen LogP contribution in [0.4, 0.5) is 4.79 Å². The summed E-state index contributed by atoms with van der Waals surface area (Å²) in [5.74, 6) is 0.837. The van der Waals surface area contributed by atoms with Gasteiger partial charge in [0.2, 0.25) is 0 Å². The minimum atomic E-state index is -0.518. The maximum Gasteiger partial charge on any atom is 0.407 e. The number of carbonyl (C=O) groups excluding carboxylic acids is 1. The van der Waals surface area contributed by atoms with Gasteiger partial charge < -0.3 is 19.5 Å². The summed E-state index contributed by atoms with van der Waals surface area (Å²) in [6.07, 6.45) is 2.27. The van der Waals surface area contributed by atoms with Gasteiger partial charge in [-0.25, -0.2) is 9.48 Å². The van der Waals surface area contributed by atoms with Crippen molar-refractivity contribution < 1.29 is 19.0 Å². The summed E-state index contributed by atoms with van der Waals surface area (Å²) in [4.78, 5) is 12.1. The molecule has 1 aromatic carbocycles. The van der Waals surface area contributed by atoms with Gasteiger partial charge in [0, 0.05) is 24.8 Å². The van der Waals surface area contributed by atoms with Crippen LogP contribution in [-0.4, -0.2) is 47.3 Å². The van der Waals surface area contributed by atoms with Gasteiger partial charge in [-0.1, -0.05) is 0 Å². The van der Waals surface area contributed by atoms with Gasteiger partial charge in [0.05, 0.1) is 24.6 Å². The fourth-order valence-corrected chi connectivity index (χ4v) is 3.07. The molecule has 0 saturated carbocycles. The van der Waals surface area contributed by atoms with E-state index in [9.17, 15) is 4.79 Å². The first-order valence-electron chi connectivity index (χ1n) is 9.63. The Kier molecular flexibility index (Phi) is 6.24. The second-order valence-electron chi connectivity index (χ2n) is 8.08. The largest absolute Gasteiger partial charge is 0.493 e. The normalized spacial score (nSPS) is 19.9. The highest BCUT2D eigenvalue weighted by atomic mass is 16.6. The Balaban J connectivity index is 1.55. The molecule has 0 aliphatic carbocycles. The third-order valence-corrected chi connectivity index (χ3v) is 4.46. The summed E-state index contributed by atoms with van der Waals surface area (Å²) in [5, 5.41) is 7.36. The number of nitrogens with one attached hydrogen (secondary N) is 1. The van der Waals surface area contributed by atoms with Crippen LogP contribution in [0.2, 0.25) is 0 Å². The van der Waals surface area contributed by atoms with Gasteiger partial charge in [-0.3, -0.25) is 0 Å². The van der Waals surface area contributed by atoms with Crippen LogP contribution in [0, 0.1) is 12.8 Å². The second kappa shape index (κ2) is 8.65. The van der Waals surface area contributed by atoms with Crippen molar-refractivity contribution in [2.24, 2.45) is 5.92 Å². The van der Waals surface area contributed by atoms with Crippen LogP contribution < -0.4 is 10.1 Å². The van der Waals surface area contributed by atoms with Crippen molar-refractivity contribution in [1.29, 1.82) is 0 Å². The average molecular weight is 387 g/mol. The van der Waals surface area contributed by atoms with Gasteiger partial charge in [0.15, 0.2) is 0 Å². The van der Waals surface area contributed by atoms with Crippen molar-refractivity contribution in [3.63, 3.8) is 0 Å². The molecule has 0 radical (unpaired) electrons. The molecule has 0 spiro atoms. The molecule has 7 heteroatoms. The van der Waals surface area contributed by atoms with Gasteiger partial charge in [0.25, 0.3) is 0 Å². The molecule has 1 fully saturated rings. The summed E-state index contributed by atoms with van der Waals surface area (Å²) in [5.41, 5.74) is 1.43. The van der Waals surface area contributed by atoms with E-state index in [0.717, 1.165) is 23.6 Å². The molecule has 1 saturated heterocycles. The van der Waals surface area contributed by atoms with E-state index in [-0.39, 0.29) is 12.0 Å². The lowest BCUT2D eigenvalue weighted by atomic mass is 9.97. The molecule has 2 aromatic rings. The molecule has 1 aliphatic rings. The number of aryl methyl sites for hydroxylation is 1. The van der Waals surface area contributed by atoms with Crippen molar-refractivity contribution in [1.82, 2.24) is 15.1 Å². The van der Waals surface area contributed by atoms with Crippen molar-refractivity contribution in [3.8, 4) is 11.4 Å². The van der Waals surface area contributed by atoms with Crippen LogP contribution in [0.15, 0.2) is 36.5 Å². The fraction of sp³-hybridized carbons (Fsp3) is 0.524. The number of hydrogen-bond acceptors (Lipinski definition) is 5. The average Bonchev–Trinajstić information content (AvgIpc) is 3.06. The third kappa shape index (κ3) is 5.73. The highest BCUT2D eigenvalue weighted by Crippen LogP contribution is 2.20. The van der Waals surface area contributed by atoms with Crippen molar-refractivity contribution >= 4 is 6.09 Å². The Morgan fingerprint density at radius 1 is 1.29 bits per heavy atom. The Labute approximate surface area is 166 Å². The van der Waals surface area contributed by atoms with Crippen LogP contribution in [0.25, 0.3) is 5.69 Å². The third-order valence-electron chi connectivity index (χ3n) is 4.46.